The van der Waals surface area contributed by atoms with E-state index in [1.165, 1.54) is 0 Å². The number of hydrogen-bond acceptors (Lipinski definition) is 5. The zero-order valence-electron chi connectivity index (χ0n) is 11.5. The van der Waals surface area contributed by atoms with E-state index in [1.54, 1.807) is 36.3 Å². The first-order valence-electron chi connectivity index (χ1n) is 6.01. The molecule has 1 N–H and O–H groups in total. The maximum absolute atomic E-state index is 11.6. The number of nitrogens with one attached hydrogen (secondary N) is 1. The highest BCUT2D eigenvalue weighted by Crippen LogP contribution is 2.10. The monoisotopic (exact) mass is 251 g/mol. The van der Waals surface area contributed by atoms with Gasteiger partial charge in [0.2, 0.25) is 5.91 Å². The van der Waals surface area contributed by atoms with Crippen molar-refractivity contribution >= 4 is 17.5 Å². The molecule has 1 rings (SSSR count). The molecule has 0 saturated carbocycles. The fourth-order valence-electron chi connectivity index (χ4n) is 1.30. The minimum atomic E-state index is 0.0335. The summed E-state index contributed by atoms with van der Waals surface area (Å²) in [6.07, 6.45) is 4.36. The molecular formula is C12H21N5O. The predicted molar refractivity (Wildman–Crippen MR) is 72.8 cm³/mol. The van der Waals surface area contributed by atoms with Crippen molar-refractivity contribution in [2.45, 2.75) is 13.3 Å². The minimum absolute atomic E-state index is 0.0335. The molecule has 0 fully saturated rings. The van der Waals surface area contributed by atoms with Crippen molar-refractivity contribution in [1.82, 2.24) is 14.9 Å². The lowest BCUT2D eigenvalue weighted by atomic mass is 10.4. The molecule has 0 unspecified atom stereocenters. The van der Waals surface area contributed by atoms with E-state index in [2.05, 4.69) is 22.2 Å². The molecule has 100 valence electrons. The van der Waals surface area contributed by atoms with E-state index in [-0.39, 0.29) is 5.91 Å². The second kappa shape index (κ2) is 6.78. The lowest BCUT2D eigenvalue weighted by Crippen LogP contribution is -2.34. The van der Waals surface area contributed by atoms with Crippen LogP contribution in [-0.2, 0) is 4.79 Å². The first-order valence-corrected chi connectivity index (χ1v) is 6.01. The lowest BCUT2D eigenvalue weighted by molar-refractivity contribution is -0.127. The molecular weight excluding hydrogens is 230 g/mol. The topological polar surface area (TPSA) is 61.4 Å². The molecule has 6 nitrogen and oxygen atoms in total. The van der Waals surface area contributed by atoms with Gasteiger partial charge in [0.1, 0.15) is 11.6 Å². The first-order chi connectivity index (χ1) is 8.54. The highest BCUT2D eigenvalue weighted by atomic mass is 16.2. The van der Waals surface area contributed by atoms with Crippen LogP contribution >= 0.6 is 0 Å². The summed E-state index contributed by atoms with van der Waals surface area (Å²) < 4.78 is 0. The smallest absolute Gasteiger partial charge is 0.241 e. The zero-order chi connectivity index (χ0) is 13.5. The van der Waals surface area contributed by atoms with Gasteiger partial charge in [-0.15, -0.1) is 0 Å². The Bertz CT molecular complexity index is 394. The Balaban J connectivity index is 2.67. The molecule has 1 aromatic heterocycles. The zero-order valence-corrected chi connectivity index (χ0v) is 11.5. The quantitative estimate of drug-likeness (QED) is 0.811. The van der Waals surface area contributed by atoms with Gasteiger partial charge in [0, 0.05) is 27.7 Å². The molecule has 1 heterocycles. The third-order valence-electron chi connectivity index (χ3n) is 2.44. The summed E-state index contributed by atoms with van der Waals surface area (Å²) in [4.78, 5) is 23.5. The largest absolute Gasteiger partial charge is 0.369 e. The highest BCUT2D eigenvalue weighted by molar-refractivity contribution is 5.80. The van der Waals surface area contributed by atoms with E-state index in [0.29, 0.717) is 12.4 Å². The van der Waals surface area contributed by atoms with Gasteiger partial charge in [-0.1, -0.05) is 6.92 Å². The number of nitrogens with zero attached hydrogens (tertiary/aromatic N) is 4. The van der Waals surface area contributed by atoms with Crippen LogP contribution in [0.2, 0.25) is 0 Å². The highest BCUT2D eigenvalue weighted by Gasteiger charge is 2.10. The van der Waals surface area contributed by atoms with Crippen LogP contribution in [0.4, 0.5) is 11.6 Å². The standard InChI is InChI=1S/C12H21N5O/c1-5-6-14-10-7-13-8-11(15-10)17(4)9-12(18)16(2)3/h7-8H,5-6,9H2,1-4H3,(H,14,15). The number of carbonyl (C=O) groups is 1. The number of aromatic nitrogens is 2. The summed E-state index contributed by atoms with van der Waals surface area (Å²) in [7, 11) is 5.30. The Morgan fingerprint density at radius 3 is 2.67 bits per heavy atom. The average Bonchev–Trinajstić information content (AvgIpc) is 2.36. The molecule has 0 aliphatic carbocycles. The van der Waals surface area contributed by atoms with Crippen molar-refractivity contribution < 1.29 is 4.79 Å². The Labute approximate surface area is 108 Å². The molecule has 0 bridgehead atoms. The van der Waals surface area contributed by atoms with Crippen molar-refractivity contribution in [1.29, 1.82) is 0 Å². The van der Waals surface area contributed by atoms with E-state index >= 15 is 0 Å². The normalized spacial score (nSPS) is 10.0. The fourth-order valence-corrected chi connectivity index (χ4v) is 1.30. The molecule has 0 radical (unpaired) electrons. The molecule has 1 amide bonds. The Hall–Kier alpha value is -1.85. The van der Waals surface area contributed by atoms with Crippen LogP contribution in [0.1, 0.15) is 13.3 Å². The van der Waals surface area contributed by atoms with E-state index < -0.39 is 0 Å². The number of rotatable bonds is 6. The number of likely N-dealkylation sites (N-methyl/N-ethyl adjacent to an activating group) is 2. The number of carbonyl (C=O) groups excluding carboxylic acids is 1. The molecule has 0 atom stereocenters. The van der Waals surface area contributed by atoms with Crippen LogP contribution in [0.25, 0.3) is 0 Å². The molecule has 6 heteroatoms. The lowest BCUT2D eigenvalue weighted by Gasteiger charge is -2.20. The molecule has 0 aliphatic heterocycles. The average molecular weight is 251 g/mol. The minimum Gasteiger partial charge on any atom is -0.369 e. The summed E-state index contributed by atoms with van der Waals surface area (Å²) in [5.41, 5.74) is 0. The van der Waals surface area contributed by atoms with E-state index in [0.717, 1.165) is 18.8 Å². The van der Waals surface area contributed by atoms with E-state index in [1.807, 2.05) is 7.05 Å². The third-order valence-corrected chi connectivity index (χ3v) is 2.44. The van der Waals surface area contributed by atoms with Gasteiger partial charge in [0.15, 0.2) is 0 Å². The van der Waals surface area contributed by atoms with Gasteiger partial charge in [-0.3, -0.25) is 9.78 Å². The van der Waals surface area contributed by atoms with Gasteiger partial charge in [-0.05, 0) is 6.42 Å². The molecule has 1 aromatic rings. The summed E-state index contributed by atoms with van der Waals surface area (Å²) in [6, 6.07) is 0. The van der Waals surface area contributed by atoms with E-state index in [4.69, 9.17) is 0 Å². The van der Waals surface area contributed by atoms with Crippen molar-refractivity contribution in [3.8, 4) is 0 Å². The van der Waals surface area contributed by atoms with Crippen molar-refractivity contribution in [2.75, 3.05) is 44.4 Å². The molecule has 0 spiro atoms. The van der Waals surface area contributed by atoms with Gasteiger partial charge in [-0.25, -0.2) is 4.98 Å². The number of anilines is 2. The summed E-state index contributed by atoms with van der Waals surface area (Å²) >= 11 is 0. The second-order valence-corrected chi connectivity index (χ2v) is 4.33. The predicted octanol–water partition coefficient (Wildman–Crippen LogP) is 0.823. The molecule has 0 aliphatic rings. The van der Waals surface area contributed by atoms with Crippen LogP contribution < -0.4 is 10.2 Å². The summed E-state index contributed by atoms with van der Waals surface area (Å²) in [5, 5.41) is 3.17. The number of hydrogen-bond donors (Lipinski definition) is 1. The van der Waals surface area contributed by atoms with Crippen LogP contribution in [-0.4, -0.2) is 55.0 Å². The van der Waals surface area contributed by atoms with Crippen molar-refractivity contribution in [3.63, 3.8) is 0 Å². The van der Waals surface area contributed by atoms with Gasteiger partial charge in [0.05, 0.1) is 18.9 Å². The van der Waals surface area contributed by atoms with Crippen LogP contribution in [0, 0.1) is 0 Å². The van der Waals surface area contributed by atoms with Gasteiger partial charge in [-0.2, -0.15) is 0 Å². The SMILES string of the molecule is CCCNc1cncc(N(C)CC(=O)N(C)C)n1. The van der Waals surface area contributed by atoms with Gasteiger partial charge < -0.3 is 15.1 Å². The van der Waals surface area contributed by atoms with Crippen LogP contribution in [0.15, 0.2) is 12.4 Å². The van der Waals surface area contributed by atoms with Crippen molar-refractivity contribution in [3.05, 3.63) is 12.4 Å². The van der Waals surface area contributed by atoms with Gasteiger partial charge in [0.25, 0.3) is 0 Å². The maximum atomic E-state index is 11.6. The second-order valence-electron chi connectivity index (χ2n) is 4.33. The Morgan fingerprint density at radius 1 is 1.33 bits per heavy atom. The van der Waals surface area contributed by atoms with Gasteiger partial charge >= 0.3 is 0 Å². The maximum Gasteiger partial charge on any atom is 0.241 e. The summed E-state index contributed by atoms with van der Waals surface area (Å²) in [6.45, 7) is 3.24. The van der Waals surface area contributed by atoms with Crippen molar-refractivity contribution in [2.24, 2.45) is 0 Å². The molecule has 0 saturated heterocycles. The van der Waals surface area contributed by atoms with E-state index in [9.17, 15) is 4.79 Å². The third kappa shape index (κ3) is 4.20. The summed E-state index contributed by atoms with van der Waals surface area (Å²) in [5.74, 6) is 1.45. The molecule has 0 aromatic carbocycles. The van der Waals surface area contributed by atoms with Crippen LogP contribution in [0.3, 0.4) is 0 Å². The first kappa shape index (κ1) is 14.2. The number of amides is 1. The Kier molecular flexibility index (Phi) is 5.35. The Morgan fingerprint density at radius 2 is 2.06 bits per heavy atom. The van der Waals surface area contributed by atoms with Crippen LogP contribution in [0.5, 0.6) is 0 Å². The molecule has 18 heavy (non-hydrogen) atoms. The fraction of sp³-hybridized carbons (Fsp3) is 0.583.